The van der Waals surface area contributed by atoms with Gasteiger partial charge in [0.1, 0.15) is 18.8 Å². The Bertz CT molecular complexity index is 1630. The first-order valence-corrected chi connectivity index (χ1v) is 29.6. The highest BCUT2D eigenvalue weighted by molar-refractivity contribution is 5.74. The van der Waals surface area contributed by atoms with E-state index < -0.39 is 67.3 Å². The van der Waals surface area contributed by atoms with Gasteiger partial charge in [-0.2, -0.15) is 0 Å². The van der Waals surface area contributed by atoms with Crippen LogP contribution < -0.4 is 0 Å². The number of esters is 3. The number of aliphatic hydroxyl groups is 2. The van der Waals surface area contributed by atoms with Gasteiger partial charge in [0.2, 0.25) is 0 Å². The highest BCUT2D eigenvalue weighted by atomic mass is 16.7. The zero-order valence-electron chi connectivity index (χ0n) is 47.0. The molecule has 0 aromatic heterocycles. The van der Waals surface area contributed by atoms with Crippen molar-refractivity contribution in [3.05, 3.63) is 85.1 Å². The summed E-state index contributed by atoms with van der Waals surface area (Å²) in [6, 6.07) is 0. The van der Waals surface area contributed by atoms with Crippen LogP contribution in [0.5, 0.6) is 0 Å². The molecule has 428 valence electrons. The number of allylic oxidation sites excluding steroid dienone is 14. The number of aliphatic carboxylic acids is 1. The molecule has 12 heteroatoms. The van der Waals surface area contributed by atoms with Crippen LogP contribution in [0.3, 0.4) is 0 Å². The molecule has 1 aliphatic rings. The molecule has 0 spiro atoms. The van der Waals surface area contributed by atoms with Crippen LogP contribution in [0.2, 0.25) is 0 Å². The molecule has 0 saturated carbocycles. The molecule has 1 aliphatic heterocycles. The standard InChI is InChI=1S/C63H104O12/c1-4-7-10-13-16-19-22-25-27-28-30-32-34-37-40-43-46-49-55(64)71-52-54(73-56(65)50-47-44-41-38-35-31-24-21-18-15-12-9-6-3)53-72-63-61(59(68)58(67)60(75-63)62(69)70)74-57(66)51-48-45-42-39-36-33-29-26-23-20-17-14-11-8-5-2/h8,11,16-17,19-21,24-27,29,36,39,54,58-61,63,67-68H,4-7,9-10,12-15,18,22-23,28,30-35,37-38,40-53H2,1-3H3,(H,69,70)/b11-8-,19-16-,20-17-,24-21-,27-25-,29-26-,39-36-. The predicted octanol–water partition coefficient (Wildman–Crippen LogP) is 15.1. The Morgan fingerprint density at radius 3 is 1.35 bits per heavy atom. The fourth-order valence-corrected chi connectivity index (χ4v) is 8.38. The van der Waals surface area contributed by atoms with Gasteiger partial charge in [-0.3, -0.25) is 14.4 Å². The van der Waals surface area contributed by atoms with Gasteiger partial charge in [0, 0.05) is 19.3 Å². The monoisotopic (exact) mass is 1050 g/mol. The fourth-order valence-electron chi connectivity index (χ4n) is 8.38. The first-order valence-electron chi connectivity index (χ1n) is 29.6. The van der Waals surface area contributed by atoms with Gasteiger partial charge in [-0.25, -0.2) is 4.79 Å². The topological polar surface area (TPSA) is 175 Å². The predicted molar refractivity (Wildman–Crippen MR) is 303 cm³/mol. The summed E-state index contributed by atoms with van der Waals surface area (Å²) in [7, 11) is 0. The van der Waals surface area contributed by atoms with Gasteiger partial charge in [-0.1, -0.05) is 189 Å². The van der Waals surface area contributed by atoms with Crippen LogP contribution in [0.25, 0.3) is 0 Å². The number of carboxylic acids is 1. The summed E-state index contributed by atoms with van der Waals surface area (Å²) in [6.45, 7) is 5.80. The van der Waals surface area contributed by atoms with E-state index in [2.05, 4.69) is 106 Å². The van der Waals surface area contributed by atoms with Crippen molar-refractivity contribution >= 4 is 23.9 Å². The smallest absolute Gasteiger partial charge is 0.335 e. The molecular weight excluding hydrogens is 949 g/mol. The van der Waals surface area contributed by atoms with Crippen LogP contribution in [0.15, 0.2) is 85.1 Å². The number of carboxylic acid groups (broad SMARTS) is 1. The Morgan fingerprint density at radius 2 is 0.840 bits per heavy atom. The van der Waals surface area contributed by atoms with Crippen LogP contribution in [0, 0.1) is 0 Å². The summed E-state index contributed by atoms with van der Waals surface area (Å²) in [5, 5.41) is 31.5. The molecule has 1 rings (SSSR count). The SMILES string of the molecule is CC/C=C\C/C=C\C/C=C\C/C=C\CCCCC(=O)OC1C(OCC(COC(=O)CCCCCCCCC/C=C\C/C=C\CCCCC)OC(=O)CCCCCCC/C=C\CCCCCC)OC(C(=O)O)C(O)C1O. The summed E-state index contributed by atoms with van der Waals surface area (Å²) in [4.78, 5) is 51.1. The minimum absolute atomic E-state index is 0.00389. The molecule has 0 aliphatic carbocycles. The maximum atomic E-state index is 13.1. The van der Waals surface area contributed by atoms with E-state index in [4.69, 9.17) is 23.7 Å². The minimum Gasteiger partial charge on any atom is -0.479 e. The van der Waals surface area contributed by atoms with E-state index in [1.807, 2.05) is 0 Å². The lowest BCUT2D eigenvalue weighted by Crippen LogP contribution is -2.61. The number of ether oxygens (including phenoxy) is 5. The van der Waals surface area contributed by atoms with E-state index in [0.717, 1.165) is 109 Å². The largest absolute Gasteiger partial charge is 0.479 e. The van der Waals surface area contributed by atoms with Crippen LogP contribution in [-0.2, 0) is 42.9 Å². The second kappa shape index (κ2) is 50.7. The zero-order chi connectivity index (χ0) is 54.7. The minimum atomic E-state index is -1.92. The summed E-state index contributed by atoms with van der Waals surface area (Å²) in [5.41, 5.74) is 0. The van der Waals surface area contributed by atoms with Crippen LogP contribution >= 0.6 is 0 Å². The Labute approximate surface area is 454 Å². The van der Waals surface area contributed by atoms with Crippen molar-refractivity contribution in [1.82, 2.24) is 0 Å². The lowest BCUT2D eigenvalue weighted by Gasteiger charge is -2.40. The Hall–Kier alpha value is -4.10. The van der Waals surface area contributed by atoms with Crippen molar-refractivity contribution in [2.24, 2.45) is 0 Å². The van der Waals surface area contributed by atoms with Gasteiger partial charge >= 0.3 is 23.9 Å². The Kier molecular flexibility index (Phi) is 46.6. The second-order valence-corrected chi connectivity index (χ2v) is 19.9. The van der Waals surface area contributed by atoms with E-state index in [1.54, 1.807) is 0 Å². The van der Waals surface area contributed by atoms with E-state index in [9.17, 15) is 34.5 Å². The van der Waals surface area contributed by atoms with Crippen molar-refractivity contribution in [3.8, 4) is 0 Å². The van der Waals surface area contributed by atoms with E-state index >= 15 is 0 Å². The molecule has 0 radical (unpaired) electrons. The molecule has 6 unspecified atom stereocenters. The number of aliphatic hydroxyl groups excluding tert-OH is 2. The molecule has 1 heterocycles. The van der Waals surface area contributed by atoms with E-state index in [0.29, 0.717) is 25.7 Å². The van der Waals surface area contributed by atoms with Crippen molar-refractivity contribution in [1.29, 1.82) is 0 Å². The quantitative estimate of drug-likeness (QED) is 0.0228. The lowest BCUT2D eigenvalue weighted by atomic mass is 9.98. The van der Waals surface area contributed by atoms with Crippen molar-refractivity contribution in [3.63, 3.8) is 0 Å². The average molecular weight is 1050 g/mol. The van der Waals surface area contributed by atoms with Gasteiger partial charge < -0.3 is 39.0 Å². The molecule has 1 saturated heterocycles. The summed E-state index contributed by atoms with van der Waals surface area (Å²) >= 11 is 0. The van der Waals surface area contributed by atoms with E-state index in [1.165, 1.54) is 64.2 Å². The maximum Gasteiger partial charge on any atom is 0.335 e. The third kappa shape index (κ3) is 40.8. The molecule has 0 aromatic rings. The van der Waals surface area contributed by atoms with Gasteiger partial charge in [-0.15, -0.1) is 0 Å². The molecule has 12 nitrogen and oxygen atoms in total. The number of rotatable bonds is 49. The maximum absolute atomic E-state index is 13.1. The van der Waals surface area contributed by atoms with E-state index in [-0.39, 0.29) is 25.9 Å². The molecular formula is C63H104O12. The van der Waals surface area contributed by atoms with Gasteiger partial charge in [0.25, 0.3) is 0 Å². The van der Waals surface area contributed by atoms with Crippen LogP contribution in [0.4, 0.5) is 0 Å². The summed E-state index contributed by atoms with van der Waals surface area (Å²) in [5.74, 6) is -3.20. The molecule has 1 fully saturated rings. The van der Waals surface area contributed by atoms with Gasteiger partial charge in [0.05, 0.1) is 6.61 Å². The zero-order valence-corrected chi connectivity index (χ0v) is 47.0. The van der Waals surface area contributed by atoms with Crippen LogP contribution in [0.1, 0.15) is 239 Å². The molecule has 0 aromatic carbocycles. The molecule has 75 heavy (non-hydrogen) atoms. The molecule has 6 atom stereocenters. The number of hydrogen-bond donors (Lipinski definition) is 3. The molecule has 0 amide bonds. The van der Waals surface area contributed by atoms with Crippen LogP contribution in [-0.4, -0.2) is 89.2 Å². The number of hydrogen-bond acceptors (Lipinski definition) is 11. The Balaban J connectivity index is 2.72. The second-order valence-electron chi connectivity index (χ2n) is 19.9. The number of carbonyl (C=O) groups is 4. The first-order chi connectivity index (χ1) is 36.6. The average Bonchev–Trinajstić information content (AvgIpc) is 3.39. The van der Waals surface area contributed by atoms with Crippen molar-refractivity contribution in [2.45, 2.75) is 276 Å². The third-order valence-corrected chi connectivity index (χ3v) is 12.9. The van der Waals surface area contributed by atoms with Gasteiger partial charge in [0.15, 0.2) is 24.6 Å². The first kappa shape index (κ1) is 68.9. The van der Waals surface area contributed by atoms with Gasteiger partial charge in [-0.05, 0) is 116 Å². The van der Waals surface area contributed by atoms with Crippen molar-refractivity contribution < 1.29 is 58.2 Å². The number of unbranched alkanes of at least 4 members (excludes halogenated alkanes) is 21. The Morgan fingerprint density at radius 1 is 0.453 bits per heavy atom. The number of carbonyl (C=O) groups excluding carboxylic acids is 3. The highest BCUT2D eigenvalue weighted by Crippen LogP contribution is 2.26. The lowest BCUT2D eigenvalue weighted by molar-refractivity contribution is -0.301. The van der Waals surface area contributed by atoms with Crippen molar-refractivity contribution in [2.75, 3.05) is 13.2 Å². The normalized spacial score (nSPS) is 18.8. The molecule has 0 bridgehead atoms. The third-order valence-electron chi connectivity index (χ3n) is 12.9. The summed E-state index contributed by atoms with van der Waals surface area (Å²) < 4.78 is 28.4. The fraction of sp³-hybridized carbons (Fsp3) is 0.714. The highest BCUT2D eigenvalue weighted by Gasteiger charge is 2.50. The molecule has 3 N–H and O–H groups in total. The summed E-state index contributed by atoms with van der Waals surface area (Å²) in [6.07, 6.45) is 52.7.